The van der Waals surface area contributed by atoms with Crippen molar-refractivity contribution < 1.29 is 9.59 Å². The monoisotopic (exact) mass is 357 g/mol. The molecule has 0 bridgehead atoms. The van der Waals surface area contributed by atoms with Gasteiger partial charge in [-0.25, -0.2) is 4.79 Å². The fourth-order valence-electron chi connectivity index (χ4n) is 3.15. The highest BCUT2D eigenvalue weighted by atomic mass is 35.5. The molecule has 1 aliphatic carbocycles. The first kappa shape index (κ1) is 17.3. The van der Waals surface area contributed by atoms with Gasteiger partial charge in [0.2, 0.25) is 5.91 Å². The zero-order valence-corrected chi connectivity index (χ0v) is 14.5. The van der Waals surface area contributed by atoms with Gasteiger partial charge < -0.3 is 16.4 Å². The maximum atomic E-state index is 12.8. The molecule has 0 aliphatic heterocycles. The average Bonchev–Trinajstić information content (AvgIpc) is 2.54. The highest BCUT2D eigenvalue weighted by molar-refractivity contribution is 6.30. The Labute approximate surface area is 151 Å². The van der Waals surface area contributed by atoms with Crippen LogP contribution in [0.15, 0.2) is 48.5 Å². The number of carbonyl (C=O) groups is 2. The van der Waals surface area contributed by atoms with Gasteiger partial charge in [0.15, 0.2) is 0 Å². The van der Waals surface area contributed by atoms with Crippen LogP contribution in [0.25, 0.3) is 0 Å². The Hall–Kier alpha value is -2.53. The second-order valence-electron chi connectivity index (χ2n) is 6.31. The van der Waals surface area contributed by atoms with E-state index < -0.39 is 11.4 Å². The van der Waals surface area contributed by atoms with Crippen molar-refractivity contribution in [1.82, 2.24) is 5.32 Å². The van der Waals surface area contributed by atoms with E-state index in [0.717, 1.165) is 30.4 Å². The molecule has 0 heterocycles. The van der Waals surface area contributed by atoms with Crippen molar-refractivity contribution in [1.29, 1.82) is 0 Å². The minimum absolute atomic E-state index is 0.0420. The lowest BCUT2D eigenvalue weighted by molar-refractivity contribution is -0.130. The van der Waals surface area contributed by atoms with Crippen LogP contribution in [-0.2, 0) is 16.8 Å². The molecule has 2 aromatic carbocycles. The third-order valence-corrected chi connectivity index (χ3v) is 4.97. The number of nitrogens with two attached hydrogens (primary N) is 1. The van der Waals surface area contributed by atoms with Gasteiger partial charge in [-0.1, -0.05) is 42.3 Å². The van der Waals surface area contributed by atoms with Crippen LogP contribution in [0.4, 0.5) is 10.5 Å². The van der Waals surface area contributed by atoms with E-state index in [4.69, 9.17) is 17.3 Å². The Balaban J connectivity index is 1.65. The summed E-state index contributed by atoms with van der Waals surface area (Å²) in [5.41, 5.74) is 7.23. The number of hydrogen-bond donors (Lipinski definition) is 3. The summed E-state index contributed by atoms with van der Waals surface area (Å²) in [5, 5.41) is 6.21. The first-order valence-electron chi connectivity index (χ1n) is 8.19. The molecule has 5 nitrogen and oxygen atoms in total. The van der Waals surface area contributed by atoms with E-state index in [2.05, 4.69) is 10.6 Å². The molecule has 0 spiro atoms. The number of rotatable bonds is 5. The van der Waals surface area contributed by atoms with Crippen molar-refractivity contribution >= 4 is 29.2 Å². The Morgan fingerprint density at radius 2 is 1.68 bits per heavy atom. The van der Waals surface area contributed by atoms with Crippen LogP contribution >= 0.6 is 11.6 Å². The van der Waals surface area contributed by atoms with Gasteiger partial charge in [-0.05, 0) is 48.2 Å². The van der Waals surface area contributed by atoms with Gasteiger partial charge in [0.25, 0.3) is 0 Å². The molecule has 3 amide bonds. The number of halogens is 1. The van der Waals surface area contributed by atoms with E-state index in [0.29, 0.717) is 17.3 Å². The summed E-state index contributed by atoms with van der Waals surface area (Å²) in [4.78, 5) is 23.6. The predicted molar refractivity (Wildman–Crippen MR) is 98.5 cm³/mol. The normalized spacial score (nSPS) is 15.1. The van der Waals surface area contributed by atoms with Crippen LogP contribution in [0.5, 0.6) is 0 Å². The Morgan fingerprint density at radius 1 is 1.04 bits per heavy atom. The minimum Gasteiger partial charge on any atom is -0.351 e. The summed E-state index contributed by atoms with van der Waals surface area (Å²) in [6.45, 7) is 0.436. The number of urea groups is 1. The number of amides is 3. The van der Waals surface area contributed by atoms with E-state index >= 15 is 0 Å². The molecule has 0 unspecified atom stereocenters. The molecule has 1 saturated carbocycles. The molecule has 0 saturated heterocycles. The largest absolute Gasteiger partial charge is 0.351 e. The minimum atomic E-state index is -0.601. The second-order valence-corrected chi connectivity index (χ2v) is 6.75. The number of benzene rings is 2. The maximum Gasteiger partial charge on any atom is 0.316 e. The van der Waals surface area contributed by atoms with Crippen molar-refractivity contribution in [2.75, 3.05) is 5.32 Å². The van der Waals surface area contributed by atoms with Gasteiger partial charge >= 0.3 is 6.03 Å². The molecule has 3 rings (SSSR count). The quantitative estimate of drug-likeness (QED) is 0.764. The number of hydrogen-bond acceptors (Lipinski definition) is 2. The molecule has 0 atom stereocenters. The van der Waals surface area contributed by atoms with E-state index in [1.807, 2.05) is 36.4 Å². The predicted octanol–water partition coefficient (Wildman–Crippen LogP) is 3.57. The van der Waals surface area contributed by atoms with Gasteiger partial charge in [0.1, 0.15) is 0 Å². The molecular formula is C19H20ClN3O2. The summed E-state index contributed by atoms with van der Waals surface area (Å²) in [6.07, 6.45) is 2.74. The Kier molecular flexibility index (Phi) is 4.95. The summed E-state index contributed by atoms with van der Waals surface area (Å²) < 4.78 is 0. The van der Waals surface area contributed by atoms with Gasteiger partial charge in [-0.2, -0.15) is 0 Å². The summed E-state index contributed by atoms with van der Waals surface area (Å²) in [6, 6.07) is 14.1. The Morgan fingerprint density at radius 3 is 2.20 bits per heavy atom. The second kappa shape index (κ2) is 7.15. The van der Waals surface area contributed by atoms with Gasteiger partial charge in [-0.15, -0.1) is 0 Å². The van der Waals surface area contributed by atoms with E-state index in [-0.39, 0.29) is 5.91 Å². The van der Waals surface area contributed by atoms with Gasteiger partial charge in [0, 0.05) is 17.3 Å². The maximum absolute atomic E-state index is 12.8. The molecule has 4 N–H and O–H groups in total. The molecule has 25 heavy (non-hydrogen) atoms. The van der Waals surface area contributed by atoms with E-state index in [1.54, 1.807) is 12.1 Å². The lowest BCUT2D eigenvalue weighted by Gasteiger charge is -2.40. The summed E-state index contributed by atoms with van der Waals surface area (Å²) >= 11 is 5.95. The average molecular weight is 358 g/mol. The Bertz CT molecular complexity index is 768. The zero-order chi connectivity index (χ0) is 17.9. The summed E-state index contributed by atoms with van der Waals surface area (Å²) in [7, 11) is 0. The van der Waals surface area contributed by atoms with Crippen LogP contribution in [0, 0.1) is 0 Å². The van der Waals surface area contributed by atoms with Crippen molar-refractivity contribution in [2.24, 2.45) is 5.73 Å². The van der Waals surface area contributed by atoms with Crippen LogP contribution in [-0.4, -0.2) is 11.9 Å². The van der Waals surface area contributed by atoms with Crippen molar-refractivity contribution in [3.8, 4) is 0 Å². The highest BCUT2D eigenvalue weighted by Gasteiger charge is 2.45. The third kappa shape index (κ3) is 3.77. The molecule has 0 aromatic heterocycles. The fraction of sp³-hybridized carbons (Fsp3) is 0.263. The molecule has 6 heteroatoms. The van der Waals surface area contributed by atoms with Crippen LogP contribution < -0.4 is 16.4 Å². The number of carbonyl (C=O) groups excluding carboxylic acids is 2. The lowest BCUT2D eigenvalue weighted by atomic mass is 9.64. The fourth-order valence-corrected chi connectivity index (χ4v) is 3.27. The number of primary amides is 1. The molecule has 1 fully saturated rings. The zero-order valence-electron chi connectivity index (χ0n) is 13.7. The van der Waals surface area contributed by atoms with Gasteiger partial charge in [0.05, 0.1) is 5.41 Å². The molecule has 0 radical (unpaired) electrons. The first-order chi connectivity index (χ1) is 12.0. The van der Waals surface area contributed by atoms with E-state index in [1.165, 1.54) is 0 Å². The summed E-state index contributed by atoms with van der Waals surface area (Å²) in [5.74, 6) is 0.0420. The molecule has 1 aliphatic rings. The smallest absolute Gasteiger partial charge is 0.316 e. The van der Waals surface area contributed by atoms with Crippen LogP contribution in [0.1, 0.15) is 30.4 Å². The molecule has 2 aromatic rings. The van der Waals surface area contributed by atoms with Crippen molar-refractivity contribution in [3.05, 3.63) is 64.7 Å². The first-order valence-corrected chi connectivity index (χ1v) is 8.57. The number of nitrogens with one attached hydrogen (secondary N) is 2. The van der Waals surface area contributed by atoms with E-state index in [9.17, 15) is 9.59 Å². The van der Waals surface area contributed by atoms with Gasteiger partial charge in [-0.3, -0.25) is 4.79 Å². The van der Waals surface area contributed by atoms with Crippen molar-refractivity contribution in [3.63, 3.8) is 0 Å². The van der Waals surface area contributed by atoms with Crippen LogP contribution in [0.3, 0.4) is 0 Å². The highest BCUT2D eigenvalue weighted by Crippen LogP contribution is 2.44. The lowest BCUT2D eigenvalue weighted by Crippen LogP contribution is -2.48. The topological polar surface area (TPSA) is 84.2 Å². The van der Waals surface area contributed by atoms with Crippen molar-refractivity contribution in [2.45, 2.75) is 31.2 Å². The van der Waals surface area contributed by atoms with Crippen LogP contribution in [0.2, 0.25) is 5.02 Å². The molecular weight excluding hydrogens is 338 g/mol. The molecule has 130 valence electrons. The SMILES string of the molecule is NC(=O)Nc1ccc(CNC(=O)C2(c3ccc(Cl)cc3)CCC2)cc1. The number of anilines is 1. The third-order valence-electron chi connectivity index (χ3n) is 4.71. The standard InChI is InChI=1S/C19H20ClN3O2/c20-15-6-4-14(5-7-15)19(10-1-11-19)17(24)22-12-13-2-8-16(9-3-13)23-18(21)25/h2-9H,1,10-12H2,(H,22,24)(H3,21,23,25).